The molecule has 25 heavy (non-hydrogen) atoms. The highest BCUT2D eigenvalue weighted by atomic mass is 79.9. The number of rotatable bonds is 3. The van der Waals surface area contributed by atoms with Crippen LogP contribution in [0.15, 0.2) is 54.7 Å². The molecule has 0 aliphatic carbocycles. The van der Waals surface area contributed by atoms with E-state index in [2.05, 4.69) is 26.8 Å². The average molecular weight is 443 g/mol. The van der Waals surface area contributed by atoms with Crippen molar-refractivity contribution < 1.29 is 9.90 Å². The molecule has 8 heteroatoms. The van der Waals surface area contributed by atoms with Gasteiger partial charge in [-0.2, -0.15) is 5.10 Å². The van der Waals surface area contributed by atoms with E-state index in [1.807, 2.05) is 59.4 Å². The van der Waals surface area contributed by atoms with Crippen molar-refractivity contribution in [2.75, 3.05) is 0 Å². The summed E-state index contributed by atoms with van der Waals surface area (Å²) in [4.78, 5) is 8.78. The van der Waals surface area contributed by atoms with Gasteiger partial charge in [-0.05, 0) is 42.0 Å². The largest absolute Gasteiger partial charge is 0.465 e. The maximum atomic E-state index is 8.78. The maximum absolute atomic E-state index is 8.78. The van der Waals surface area contributed by atoms with Crippen LogP contribution >= 0.6 is 39.1 Å². The molecule has 0 bridgehead atoms. The van der Waals surface area contributed by atoms with Crippen molar-refractivity contribution in [3.8, 4) is 16.9 Å². The lowest BCUT2D eigenvalue weighted by molar-refractivity contribution is 0.205. The van der Waals surface area contributed by atoms with E-state index in [4.69, 9.17) is 33.1 Å². The van der Waals surface area contributed by atoms with Gasteiger partial charge in [-0.15, -0.1) is 0 Å². The van der Waals surface area contributed by atoms with Crippen molar-refractivity contribution in [2.24, 2.45) is 5.73 Å². The van der Waals surface area contributed by atoms with Gasteiger partial charge in [-0.1, -0.05) is 51.3 Å². The highest BCUT2D eigenvalue weighted by molar-refractivity contribution is 9.08. The van der Waals surface area contributed by atoms with Crippen LogP contribution in [0.4, 0.5) is 4.79 Å². The van der Waals surface area contributed by atoms with Gasteiger partial charge in [0.05, 0.1) is 11.4 Å². The van der Waals surface area contributed by atoms with Crippen molar-refractivity contribution in [3.05, 3.63) is 70.3 Å². The Kier molecular flexibility index (Phi) is 6.87. The van der Waals surface area contributed by atoms with Crippen molar-refractivity contribution in [1.29, 1.82) is 0 Å². The Balaban J connectivity index is 0.000000511. The third kappa shape index (κ3) is 5.49. The zero-order valence-corrected chi connectivity index (χ0v) is 16.0. The summed E-state index contributed by atoms with van der Waals surface area (Å²) in [6.45, 7) is 0. The topological polar surface area (TPSA) is 81.1 Å². The Labute approximate surface area is 163 Å². The van der Waals surface area contributed by atoms with Gasteiger partial charge < -0.3 is 10.8 Å². The minimum atomic E-state index is -1.33. The molecule has 3 aromatic rings. The number of benzene rings is 2. The molecule has 3 N–H and O–H groups in total. The summed E-state index contributed by atoms with van der Waals surface area (Å²) in [5.41, 5.74) is 7.92. The normalized spacial score (nSPS) is 10.0. The zero-order chi connectivity index (χ0) is 18.4. The second-order valence-electron chi connectivity index (χ2n) is 4.90. The first kappa shape index (κ1) is 19.3. The first-order chi connectivity index (χ1) is 11.9. The van der Waals surface area contributed by atoms with Crippen LogP contribution in [-0.4, -0.2) is 21.0 Å². The van der Waals surface area contributed by atoms with Crippen LogP contribution in [0.25, 0.3) is 16.9 Å². The predicted octanol–water partition coefficient (Wildman–Crippen LogP) is 5.36. The second kappa shape index (κ2) is 8.89. The highest BCUT2D eigenvalue weighted by Crippen LogP contribution is 2.24. The molecule has 0 aliphatic heterocycles. The van der Waals surface area contributed by atoms with Crippen molar-refractivity contribution in [3.63, 3.8) is 0 Å². The molecule has 0 aliphatic rings. The summed E-state index contributed by atoms with van der Waals surface area (Å²) >= 11 is 15.6. The lowest BCUT2D eigenvalue weighted by atomic mass is 10.2. The highest BCUT2D eigenvalue weighted by Gasteiger charge is 2.06. The summed E-state index contributed by atoms with van der Waals surface area (Å²) in [7, 11) is 0. The molecule has 0 spiro atoms. The summed E-state index contributed by atoms with van der Waals surface area (Å²) in [6.07, 6.45) is 0.595. The van der Waals surface area contributed by atoms with Gasteiger partial charge in [-0.3, -0.25) is 0 Å². The van der Waals surface area contributed by atoms with Gasteiger partial charge in [0.1, 0.15) is 0 Å². The number of amides is 1. The third-order valence-corrected chi connectivity index (χ3v) is 4.36. The van der Waals surface area contributed by atoms with E-state index < -0.39 is 6.09 Å². The van der Waals surface area contributed by atoms with Crippen LogP contribution in [0.2, 0.25) is 10.0 Å². The number of alkyl halides is 1. The Morgan fingerprint density at radius 1 is 1.20 bits per heavy atom. The SMILES string of the molecule is Clc1cccc(-c2ccn(-c3ccc(Cl)c(CBr)c3)n2)c1.NC(=O)O. The first-order valence-corrected chi connectivity index (χ1v) is 8.93. The average Bonchev–Trinajstić information content (AvgIpc) is 3.05. The van der Waals surface area contributed by atoms with Crippen LogP contribution in [0.3, 0.4) is 0 Å². The van der Waals surface area contributed by atoms with Gasteiger partial charge in [0.2, 0.25) is 0 Å². The number of hydrogen-bond acceptors (Lipinski definition) is 2. The van der Waals surface area contributed by atoms with Crippen molar-refractivity contribution in [2.45, 2.75) is 5.33 Å². The van der Waals surface area contributed by atoms with E-state index in [1.165, 1.54) is 0 Å². The molecule has 1 aromatic heterocycles. The Morgan fingerprint density at radius 3 is 2.56 bits per heavy atom. The second-order valence-corrected chi connectivity index (χ2v) is 6.31. The summed E-state index contributed by atoms with van der Waals surface area (Å²) in [5.74, 6) is 0. The number of halogens is 3. The molecule has 0 saturated carbocycles. The first-order valence-electron chi connectivity index (χ1n) is 7.05. The summed E-state index contributed by atoms with van der Waals surface area (Å²) in [6, 6.07) is 15.5. The molecular weight excluding hydrogens is 429 g/mol. The third-order valence-electron chi connectivity index (χ3n) is 3.15. The molecule has 0 radical (unpaired) electrons. The molecule has 1 amide bonds. The monoisotopic (exact) mass is 441 g/mol. The molecule has 3 rings (SSSR count). The van der Waals surface area contributed by atoms with Crippen LogP contribution in [0, 0.1) is 0 Å². The molecule has 0 fully saturated rings. The quantitative estimate of drug-likeness (QED) is 0.535. The fourth-order valence-corrected chi connectivity index (χ4v) is 3.08. The van der Waals surface area contributed by atoms with Crippen LogP contribution in [0.1, 0.15) is 5.56 Å². The molecule has 5 nitrogen and oxygen atoms in total. The number of carboxylic acid groups (broad SMARTS) is 1. The number of nitrogens with zero attached hydrogens (tertiary/aromatic N) is 2. The zero-order valence-electron chi connectivity index (χ0n) is 12.9. The van der Waals surface area contributed by atoms with Gasteiger partial charge in [0, 0.05) is 27.1 Å². The summed E-state index contributed by atoms with van der Waals surface area (Å²) in [5, 5.41) is 14.0. The molecule has 130 valence electrons. The summed E-state index contributed by atoms with van der Waals surface area (Å²) < 4.78 is 1.83. The fraction of sp³-hybridized carbons (Fsp3) is 0.0588. The minimum absolute atomic E-state index is 0.704. The van der Waals surface area contributed by atoms with Gasteiger partial charge >= 0.3 is 6.09 Å². The molecule has 0 atom stereocenters. The maximum Gasteiger partial charge on any atom is 0.402 e. The standard InChI is InChI=1S/C16H11BrCl2N2.CH3NO2/c17-10-12-9-14(4-5-15(12)19)21-7-6-16(20-21)11-2-1-3-13(18)8-11;2-1(3)4/h1-9H,10H2;2H2,(H,3,4). The lowest BCUT2D eigenvalue weighted by Crippen LogP contribution is -2.03. The van der Waals surface area contributed by atoms with Gasteiger partial charge in [-0.25, -0.2) is 9.48 Å². The number of nitrogens with two attached hydrogens (primary N) is 1. The van der Waals surface area contributed by atoms with Crippen LogP contribution in [0.5, 0.6) is 0 Å². The van der Waals surface area contributed by atoms with Crippen molar-refractivity contribution >= 4 is 45.2 Å². The number of primary amides is 1. The Hall–Kier alpha value is -2.02. The fourth-order valence-electron chi connectivity index (χ4n) is 2.08. The lowest BCUT2D eigenvalue weighted by Gasteiger charge is -2.05. The van der Waals surface area contributed by atoms with E-state index in [9.17, 15) is 0 Å². The molecular formula is C17H14BrCl2N3O2. The molecule has 1 heterocycles. The van der Waals surface area contributed by atoms with Crippen LogP contribution in [-0.2, 0) is 5.33 Å². The van der Waals surface area contributed by atoms with Crippen molar-refractivity contribution in [1.82, 2.24) is 9.78 Å². The Morgan fingerprint density at radius 2 is 1.92 bits per heavy atom. The molecule has 2 aromatic carbocycles. The van der Waals surface area contributed by atoms with E-state index in [1.54, 1.807) is 0 Å². The van der Waals surface area contributed by atoms with E-state index in [0.717, 1.165) is 27.5 Å². The van der Waals surface area contributed by atoms with Gasteiger partial charge in [0.15, 0.2) is 0 Å². The van der Waals surface area contributed by atoms with E-state index >= 15 is 0 Å². The number of carbonyl (C=O) groups is 1. The smallest absolute Gasteiger partial charge is 0.402 e. The predicted molar refractivity (Wildman–Crippen MR) is 104 cm³/mol. The van der Waals surface area contributed by atoms with E-state index in [-0.39, 0.29) is 0 Å². The minimum Gasteiger partial charge on any atom is -0.465 e. The van der Waals surface area contributed by atoms with Gasteiger partial charge in [0.25, 0.3) is 0 Å². The molecule has 0 saturated heterocycles. The van der Waals surface area contributed by atoms with Crippen LogP contribution < -0.4 is 5.73 Å². The molecule has 0 unspecified atom stereocenters. The number of hydrogen-bond donors (Lipinski definition) is 2. The Bertz CT molecular complexity index is 880. The number of aromatic nitrogens is 2. The van der Waals surface area contributed by atoms with E-state index in [0.29, 0.717) is 10.4 Å².